The van der Waals surface area contributed by atoms with Crippen LogP contribution < -0.4 is 27.4 Å². The van der Waals surface area contributed by atoms with E-state index in [9.17, 15) is 24.3 Å². The van der Waals surface area contributed by atoms with Gasteiger partial charge in [0.15, 0.2) is 0 Å². The first-order chi connectivity index (χ1) is 15.4. The molecule has 10 nitrogen and oxygen atoms in total. The molecule has 10 heteroatoms. The maximum atomic E-state index is 13.1. The van der Waals surface area contributed by atoms with E-state index in [4.69, 9.17) is 11.5 Å². The number of carboxylic acids is 1. The summed E-state index contributed by atoms with van der Waals surface area (Å²) in [5.41, 5.74) is 11.4. The molecule has 0 fully saturated rings. The Morgan fingerprint density at radius 1 is 0.758 bits per heavy atom. The largest absolute Gasteiger partial charge is 0.480 e. The third-order valence-corrected chi connectivity index (χ3v) is 6.12. The first kappa shape index (κ1) is 30.8. The SMILES string of the molecule is CCC(C)C(NC(=O)C(NC(=O)C(NC(=O)C(N)CCCCN)C(C)C)C(C)CC)C(=O)O. The van der Waals surface area contributed by atoms with Gasteiger partial charge >= 0.3 is 5.97 Å². The molecule has 0 rings (SSSR count). The van der Waals surface area contributed by atoms with Crippen LogP contribution in [0.3, 0.4) is 0 Å². The van der Waals surface area contributed by atoms with Crippen molar-refractivity contribution < 1.29 is 24.3 Å². The summed E-state index contributed by atoms with van der Waals surface area (Å²) >= 11 is 0. The van der Waals surface area contributed by atoms with Crippen molar-refractivity contribution in [3.63, 3.8) is 0 Å². The molecule has 6 atom stereocenters. The zero-order chi connectivity index (χ0) is 25.7. The third-order valence-electron chi connectivity index (χ3n) is 6.12. The van der Waals surface area contributed by atoms with E-state index < -0.39 is 47.9 Å². The van der Waals surface area contributed by atoms with Crippen molar-refractivity contribution in [3.05, 3.63) is 0 Å². The van der Waals surface area contributed by atoms with Gasteiger partial charge in [-0.15, -0.1) is 0 Å². The Kier molecular flexibility index (Phi) is 14.6. The van der Waals surface area contributed by atoms with Crippen LogP contribution in [0.2, 0.25) is 0 Å². The molecule has 0 spiro atoms. The zero-order valence-electron chi connectivity index (χ0n) is 21.0. The van der Waals surface area contributed by atoms with Crippen LogP contribution in [0, 0.1) is 17.8 Å². The molecular weight excluding hydrogens is 426 g/mol. The van der Waals surface area contributed by atoms with Crippen molar-refractivity contribution in [2.24, 2.45) is 29.2 Å². The quantitative estimate of drug-likeness (QED) is 0.180. The molecule has 0 aliphatic carbocycles. The topological polar surface area (TPSA) is 177 Å². The van der Waals surface area contributed by atoms with Crippen LogP contribution in [0.1, 0.15) is 73.6 Å². The number of unbranched alkanes of at least 4 members (excludes halogenated alkanes) is 1. The summed E-state index contributed by atoms with van der Waals surface area (Å²) in [4.78, 5) is 50.2. The van der Waals surface area contributed by atoms with E-state index in [-0.39, 0.29) is 17.8 Å². The second-order valence-electron chi connectivity index (χ2n) is 9.20. The van der Waals surface area contributed by atoms with Gasteiger partial charge in [-0.1, -0.05) is 60.8 Å². The fraction of sp³-hybridized carbons (Fsp3) is 0.826. The van der Waals surface area contributed by atoms with Crippen LogP contribution in [0.5, 0.6) is 0 Å². The summed E-state index contributed by atoms with van der Waals surface area (Å²) in [7, 11) is 0. The van der Waals surface area contributed by atoms with Crippen molar-refractivity contribution in [1.29, 1.82) is 0 Å². The van der Waals surface area contributed by atoms with E-state index in [0.717, 1.165) is 6.42 Å². The summed E-state index contributed by atoms with van der Waals surface area (Å²) in [6.45, 7) is 11.4. The molecule has 6 unspecified atom stereocenters. The van der Waals surface area contributed by atoms with Crippen LogP contribution >= 0.6 is 0 Å². The van der Waals surface area contributed by atoms with Crippen molar-refractivity contribution >= 4 is 23.7 Å². The molecule has 0 radical (unpaired) electrons. The number of carbonyl (C=O) groups is 4. The van der Waals surface area contributed by atoms with Crippen LogP contribution in [-0.2, 0) is 19.2 Å². The van der Waals surface area contributed by atoms with E-state index in [0.29, 0.717) is 32.2 Å². The van der Waals surface area contributed by atoms with Gasteiger partial charge in [-0.05, 0) is 37.1 Å². The monoisotopic (exact) mass is 471 g/mol. The lowest BCUT2D eigenvalue weighted by atomic mass is 9.94. The second-order valence-corrected chi connectivity index (χ2v) is 9.20. The van der Waals surface area contributed by atoms with Gasteiger partial charge in [-0.3, -0.25) is 14.4 Å². The molecule has 3 amide bonds. The lowest BCUT2D eigenvalue weighted by Crippen LogP contribution is -2.60. The highest BCUT2D eigenvalue weighted by molar-refractivity contribution is 5.94. The second kappa shape index (κ2) is 15.6. The number of carboxylic acid groups (broad SMARTS) is 1. The number of nitrogens with two attached hydrogens (primary N) is 2. The van der Waals surface area contributed by atoms with Gasteiger partial charge in [0.05, 0.1) is 6.04 Å². The van der Waals surface area contributed by atoms with Gasteiger partial charge < -0.3 is 32.5 Å². The predicted octanol–water partition coefficient (Wildman–Crippen LogP) is 0.730. The standard InChI is InChI=1S/C23H45N5O5/c1-7-14(5)18(22(31)28-19(23(32)33)15(6)8-2)27-21(30)17(13(3)4)26-20(29)16(25)11-9-10-12-24/h13-19H,7-12,24-25H2,1-6H3,(H,26,29)(H,27,30)(H,28,31)(H,32,33). The molecule has 0 saturated carbocycles. The predicted molar refractivity (Wildman–Crippen MR) is 128 cm³/mol. The number of aliphatic carboxylic acids is 1. The first-order valence-electron chi connectivity index (χ1n) is 12.0. The lowest BCUT2D eigenvalue weighted by molar-refractivity contribution is -0.144. The molecule has 0 aromatic carbocycles. The molecule has 8 N–H and O–H groups in total. The Morgan fingerprint density at radius 2 is 1.21 bits per heavy atom. The van der Waals surface area contributed by atoms with E-state index in [1.165, 1.54) is 0 Å². The number of carbonyl (C=O) groups excluding carboxylic acids is 3. The fourth-order valence-electron chi connectivity index (χ4n) is 3.31. The van der Waals surface area contributed by atoms with E-state index in [1.54, 1.807) is 27.7 Å². The molecule has 0 aromatic rings. The van der Waals surface area contributed by atoms with Crippen molar-refractivity contribution in [2.75, 3.05) is 6.54 Å². The minimum absolute atomic E-state index is 0.248. The Labute approximate surface area is 198 Å². The number of amides is 3. The van der Waals surface area contributed by atoms with Crippen LogP contribution in [0.15, 0.2) is 0 Å². The van der Waals surface area contributed by atoms with Crippen molar-refractivity contribution in [2.45, 2.75) is 97.8 Å². The maximum Gasteiger partial charge on any atom is 0.326 e. The van der Waals surface area contributed by atoms with Gasteiger partial charge in [-0.25, -0.2) is 4.79 Å². The van der Waals surface area contributed by atoms with Crippen LogP contribution in [0.25, 0.3) is 0 Å². The average Bonchev–Trinajstić information content (AvgIpc) is 2.77. The summed E-state index contributed by atoms with van der Waals surface area (Å²) in [6.07, 6.45) is 3.09. The summed E-state index contributed by atoms with van der Waals surface area (Å²) in [5.74, 6) is -3.40. The number of hydrogen-bond acceptors (Lipinski definition) is 6. The molecule has 0 bridgehead atoms. The minimum atomic E-state index is -1.12. The van der Waals surface area contributed by atoms with Gasteiger partial charge in [-0.2, -0.15) is 0 Å². The van der Waals surface area contributed by atoms with Crippen LogP contribution in [0.4, 0.5) is 0 Å². The molecule has 192 valence electrons. The number of rotatable bonds is 16. The Morgan fingerprint density at radius 3 is 1.67 bits per heavy atom. The van der Waals surface area contributed by atoms with Gasteiger partial charge in [0, 0.05) is 0 Å². The number of nitrogens with one attached hydrogen (secondary N) is 3. The molecule has 0 aliphatic rings. The lowest BCUT2D eigenvalue weighted by Gasteiger charge is -2.30. The molecule has 0 saturated heterocycles. The summed E-state index contributed by atoms with van der Waals surface area (Å²) in [5, 5.41) is 17.5. The van der Waals surface area contributed by atoms with Crippen molar-refractivity contribution in [1.82, 2.24) is 16.0 Å². The number of hydrogen-bond donors (Lipinski definition) is 6. The normalized spacial score (nSPS) is 16.8. The highest BCUT2D eigenvalue weighted by Gasteiger charge is 2.34. The minimum Gasteiger partial charge on any atom is -0.480 e. The van der Waals surface area contributed by atoms with Crippen LogP contribution in [-0.4, -0.2) is 59.5 Å². The van der Waals surface area contributed by atoms with E-state index in [1.807, 2.05) is 13.8 Å². The molecule has 0 aromatic heterocycles. The Balaban J connectivity index is 5.44. The summed E-state index contributed by atoms with van der Waals surface area (Å²) in [6, 6.07) is -3.64. The first-order valence-corrected chi connectivity index (χ1v) is 12.0. The highest BCUT2D eigenvalue weighted by Crippen LogP contribution is 2.13. The van der Waals surface area contributed by atoms with Gasteiger partial charge in [0.25, 0.3) is 0 Å². The molecule has 33 heavy (non-hydrogen) atoms. The van der Waals surface area contributed by atoms with Gasteiger partial charge in [0.1, 0.15) is 18.1 Å². The van der Waals surface area contributed by atoms with E-state index in [2.05, 4.69) is 16.0 Å². The van der Waals surface area contributed by atoms with Crippen molar-refractivity contribution in [3.8, 4) is 0 Å². The fourth-order valence-corrected chi connectivity index (χ4v) is 3.31. The maximum absolute atomic E-state index is 13.1. The average molecular weight is 472 g/mol. The molecular formula is C23H45N5O5. The third kappa shape index (κ3) is 10.5. The smallest absolute Gasteiger partial charge is 0.326 e. The zero-order valence-corrected chi connectivity index (χ0v) is 21.0. The van der Waals surface area contributed by atoms with Gasteiger partial charge in [0.2, 0.25) is 17.7 Å². The van der Waals surface area contributed by atoms with E-state index >= 15 is 0 Å². The summed E-state index contributed by atoms with van der Waals surface area (Å²) < 4.78 is 0. The molecule has 0 heterocycles. The molecule has 0 aliphatic heterocycles. The Hall–Kier alpha value is -2.20. The highest BCUT2D eigenvalue weighted by atomic mass is 16.4. The Bertz CT molecular complexity index is 643.